The van der Waals surface area contributed by atoms with Gasteiger partial charge in [0.2, 0.25) is 0 Å². The predicted molar refractivity (Wildman–Crippen MR) is 60.3 cm³/mol. The van der Waals surface area contributed by atoms with E-state index in [1.807, 2.05) is 6.92 Å². The van der Waals surface area contributed by atoms with Crippen molar-refractivity contribution in [2.24, 2.45) is 5.92 Å². The number of aliphatic hydroxyl groups is 1. The van der Waals surface area contributed by atoms with E-state index >= 15 is 0 Å². The van der Waals surface area contributed by atoms with Crippen LogP contribution in [0.25, 0.3) is 0 Å². The Morgan fingerprint density at radius 2 is 1.79 bits per heavy atom. The highest BCUT2D eigenvalue weighted by Gasteiger charge is 2.29. The van der Waals surface area contributed by atoms with Crippen molar-refractivity contribution in [3.8, 4) is 0 Å². The summed E-state index contributed by atoms with van der Waals surface area (Å²) in [6, 6.07) is 0. The first-order chi connectivity index (χ1) is 6.29. The Bertz CT molecular complexity index is 177. The summed E-state index contributed by atoms with van der Waals surface area (Å²) in [6.07, 6.45) is 4.93. The van der Waals surface area contributed by atoms with Gasteiger partial charge < -0.3 is 10.4 Å². The number of nitrogens with one attached hydrogen (secondary N) is 1. The van der Waals surface area contributed by atoms with Gasteiger partial charge in [0, 0.05) is 12.1 Å². The molecule has 1 atom stereocenters. The third kappa shape index (κ3) is 4.43. The SMILES string of the molecule is CC(O)(CNC(C)(C)C)CC1CCC1. The third-order valence-electron chi connectivity index (χ3n) is 2.95. The number of β-amino-alcohol motifs (C(OH)–C–C–N with tert-alkyl or cyclic N) is 1. The van der Waals surface area contributed by atoms with Crippen molar-refractivity contribution in [3.05, 3.63) is 0 Å². The second kappa shape index (κ2) is 4.19. The van der Waals surface area contributed by atoms with Crippen LogP contribution in [0.5, 0.6) is 0 Å². The van der Waals surface area contributed by atoms with Gasteiger partial charge in [-0.25, -0.2) is 0 Å². The first-order valence-electron chi connectivity index (χ1n) is 5.76. The van der Waals surface area contributed by atoms with Crippen molar-refractivity contribution < 1.29 is 5.11 Å². The molecule has 0 spiro atoms. The molecule has 1 fully saturated rings. The molecule has 0 aliphatic heterocycles. The topological polar surface area (TPSA) is 32.3 Å². The maximum absolute atomic E-state index is 10.2. The average Bonchev–Trinajstić information content (AvgIpc) is 1.93. The smallest absolute Gasteiger partial charge is 0.0746 e. The molecule has 1 saturated carbocycles. The number of rotatable bonds is 4. The summed E-state index contributed by atoms with van der Waals surface area (Å²) in [4.78, 5) is 0. The lowest BCUT2D eigenvalue weighted by Crippen LogP contribution is -2.47. The van der Waals surface area contributed by atoms with Crippen LogP contribution in [0.1, 0.15) is 53.4 Å². The van der Waals surface area contributed by atoms with Crippen molar-refractivity contribution in [2.45, 2.75) is 64.5 Å². The van der Waals surface area contributed by atoms with Crippen LogP contribution in [0.15, 0.2) is 0 Å². The van der Waals surface area contributed by atoms with Crippen molar-refractivity contribution in [2.75, 3.05) is 6.54 Å². The molecule has 0 radical (unpaired) electrons. The molecule has 0 aromatic carbocycles. The van der Waals surface area contributed by atoms with Gasteiger partial charge in [-0.3, -0.25) is 0 Å². The zero-order chi connectivity index (χ0) is 10.8. The van der Waals surface area contributed by atoms with Gasteiger partial charge in [-0.2, -0.15) is 0 Å². The van der Waals surface area contributed by atoms with Crippen LogP contribution < -0.4 is 5.32 Å². The van der Waals surface area contributed by atoms with Gasteiger partial charge in [-0.1, -0.05) is 19.3 Å². The fraction of sp³-hybridized carbons (Fsp3) is 1.00. The first-order valence-corrected chi connectivity index (χ1v) is 5.76. The van der Waals surface area contributed by atoms with Crippen LogP contribution in [0.2, 0.25) is 0 Å². The molecule has 2 N–H and O–H groups in total. The fourth-order valence-corrected chi connectivity index (χ4v) is 1.85. The molecule has 84 valence electrons. The lowest BCUT2D eigenvalue weighted by Gasteiger charge is -2.35. The Morgan fingerprint density at radius 1 is 1.21 bits per heavy atom. The highest BCUT2D eigenvalue weighted by atomic mass is 16.3. The summed E-state index contributed by atoms with van der Waals surface area (Å²) in [5, 5.41) is 13.5. The maximum Gasteiger partial charge on any atom is 0.0746 e. The van der Waals surface area contributed by atoms with Gasteiger partial charge in [0.25, 0.3) is 0 Å². The van der Waals surface area contributed by atoms with Gasteiger partial charge in [-0.05, 0) is 40.0 Å². The summed E-state index contributed by atoms with van der Waals surface area (Å²) in [7, 11) is 0. The van der Waals surface area contributed by atoms with Gasteiger partial charge in [0.05, 0.1) is 5.60 Å². The molecule has 1 aliphatic rings. The van der Waals surface area contributed by atoms with E-state index in [9.17, 15) is 5.11 Å². The van der Waals surface area contributed by atoms with Crippen LogP contribution >= 0.6 is 0 Å². The lowest BCUT2D eigenvalue weighted by atomic mass is 9.77. The molecule has 1 aliphatic carbocycles. The van der Waals surface area contributed by atoms with Crippen LogP contribution in [0.4, 0.5) is 0 Å². The Labute approximate surface area is 88.1 Å². The van der Waals surface area contributed by atoms with Gasteiger partial charge >= 0.3 is 0 Å². The van der Waals surface area contributed by atoms with Crippen LogP contribution in [-0.4, -0.2) is 22.8 Å². The van der Waals surface area contributed by atoms with Crippen molar-refractivity contribution in [1.82, 2.24) is 5.32 Å². The zero-order valence-electron chi connectivity index (χ0n) is 10.1. The van der Waals surface area contributed by atoms with Gasteiger partial charge in [0.1, 0.15) is 0 Å². The Kier molecular flexibility index (Phi) is 3.59. The van der Waals surface area contributed by atoms with E-state index in [0.717, 1.165) is 12.3 Å². The summed E-state index contributed by atoms with van der Waals surface area (Å²) < 4.78 is 0. The second-order valence-corrected chi connectivity index (χ2v) is 6.10. The highest BCUT2D eigenvalue weighted by Crippen LogP contribution is 2.33. The van der Waals surface area contributed by atoms with E-state index in [2.05, 4.69) is 26.1 Å². The summed E-state index contributed by atoms with van der Waals surface area (Å²) in [5.74, 6) is 0.770. The largest absolute Gasteiger partial charge is 0.389 e. The van der Waals surface area contributed by atoms with Crippen LogP contribution in [0, 0.1) is 5.92 Å². The van der Waals surface area contributed by atoms with Crippen LogP contribution in [-0.2, 0) is 0 Å². The van der Waals surface area contributed by atoms with E-state index in [4.69, 9.17) is 0 Å². The highest BCUT2D eigenvalue weighted by molar-refractivity contribution is 4.85. The molecule has 0 aromatic heterocycles. The summed E-state index contributed by atoms with van der Waals surface area (Å²) >= 11 is 0. The van der Waals surface area contributed by atoms with E-state index in [0.29, 0.717) is 6.54 Å². The van der Waals surface area contributed by atoms with E-state index in [1.54, 1.807) is 0 Å². The quantitative estimate of drug-likeness (QED) is 0.728. The zero-order valence-corrected chi connectivity index (χ0v) is 10.1. The van der Waals surface area contributed by atoms with Crippen molar-refractivity contribution >= 4 is 0 Å². The van der Waals surface area contributed by atoms with E-state index in [-0.39, 0.29) is 5.54 Å². The van der Waals surface area contributed by atoms with E-state index in [1.165, 1.54) is 19.3 Å². The maximum atomic E-state index is 10.2. The first kappa shape index (κ1) is 12.0. The minimum Gasteiger partial charge on any atom is -0.389 e. The van der Waals surface area contributed by atoms with Gasteiger partial charge in [0.15, 0.2) is 0 Å². The fourth-order valence-electron chi connectivity index (χ4n) is 1.85. The molecule has 1 unspecified atom stereocenters. The lowest BCUT2D eigenvalue weighted by molar-refractivity contribution is 0.0156. The molecule has 0 bridgehead atoms. The molecular weight excluding hydrogens is 174 g/mol. The standard InChI is InChI=1S/C12H25NO/c1-11(2,3)13-9-12(4,14)8-10-6-5-7-10/h10,13-14H,5-9H2,1-4H3. The van der Waals surface area contributed by atoms with E-state index < -0.39 is 5.60 Å². The Balaban J connectivity index is 2.25. The molecule has 0 amide bonds. The molecule has 14 heavy (non-hydrogen) atoms. The Hall–Kier alpha value is -0.0800. The molecule has 1 rings (SSSR count). The minimum atomic E-state index is -0.529. The normalized spacial score (nSPS) is 22.9. The molecule has 2 nitrogen and oxygen atoms in total. The van der Waals surface area contributed by atoms with Crippen molar-refractivity contribution in [1.29, 1.82) is 0 Å². The molecule has 0 heterocycles. The summed E-state index contributed by atoms with van der Waals surface area (Å²) in [5.41, 5.74) is -0.429. The number of hydrogen-bond donors (Lipinski definition) is 2. The average molecular weight is 199 g/mol. The molecule has 2 heteroatoms. The van der Waals surface area contributed by atoms with Crippen molar-refractivity contribution in [3.63, 3.8) is 0 Å². The predicted octanol–water partition coefficient (Wildman–Crippen LogP) is 2.32. The monoisotopic (exact) mass is 199 g/mol. The number of hydrogen-bond acceptors (Lipinski definition) is 2. The molecular formula is C12H25NO. The minimum absolute atomic E-state index is 0.101. The second-order valence-electron chi connectivity index (χ2n) is 6.10. The molecule has 0 aromatic rings. The third-order valence-corrected chi connectivity index (χ3v) is 2.95. The van der Waals surface area contributed by atoms with Gasteiger partial charge in [-0.15, -0.1) is 0 Å². The van der Waals surface area contributed by atoms with Crippen LogP contribution in [0.3, 0.4) is 0 Å². The summed E-state index contributed by atoms with van der Waals surface area (Å²) in [6.45, 7) is 9.04. The molecule has 0 saturated heterocycles. The Morgan fingerprint density at radius 3 is 2.14 bits per heavy atom.